The van der Waals surface area contributed by atoms with Gasteiger partial charge in [-0.1, -0.05) is 6.07 Å². The number of nitrogens with two attached hydrogens (primary N) is 1. The van der Waals surface area contributed by atoms with Crippen LogP contribution in [0.1, 0.15) is 16.9 Å². The van der Waals surface area contributed by atoms with Crippen molar-refractivity contribution in [1.29, 1.82) is 0 Å². The topological polar surface area (TPSA) is 167 Å². The number of carbonyl (C=O) groups excluding carboxylic acids is 3. The van der Waals surface area contributed by atoms with Gasteiger partial charge in [0.25, 0.3) is 5.91 Å². The van der Waals surface area contributed by atoms with E-state index < -0.39 is 29.9 Å². The van der Waals surface area contributed by atoms with Gasteiger partial charge in [-0.05, 0) is 23.8 Å². The Morgan fingerprint density at radius 1 is 1.15 bits per heavy atom. The predicted octanol–water partition coefficient (Wildman–Crippen LogP) is 1.81. The molecule has 1 aliphatic rings. The Morgan fingerprint density at radius 3 is 2.77 bits per heavy atom. The summed E-state index contributed by atoms with van der Waals surface area (Å²) in [5, 5.41) is 17.1. The van der Waals surface area contributed by atoms with Crippen LogP contribution in [0.2, 0.25) is 0 Å². The minimum atomic E-state index is -1.37. The fourth-order valence-corrected chi connectivity index (χ4v) is 5.37. The van der Waals surface area contributed by atoms with E-state index in [2.05, 4.69) is 30.6 Å². The largest absolute Gasteiger partial charge is 0.364 e. The van der Waals surface area contributed by atoms with Gasteiger partial charge in [-0.3, -0.25) is 23.6 Å². The molecule has 0 spiro atoms. The summed E-state index contributed by atoms with van der Waals surface area (Å²) in [6.07, 6.45) is 6.50. The highest BCUT2D eigenvalue weighted by Crippen LogP contribution is 2.28. The Balaban J connectivity index is 1.22. The van der Waals surface area contributed by atoms with E-state index in [-0.39, 0.29) is 25.2 Å². The number of rotatable bonds is 7. The van der Waals surface area contributed by atoms with Crippen molar-refractivity contribution < 1.29 is 18.8 Å². The predicted molar refractivity (Wildman–Crippen MR) is 142 cm³/mol. The van der Waals surface area contributed by atoms with Gasteiger partial charge in [0.15, 0.2) is 16.6 Å². The van der Waals surface area contributed by atoms with Crippen molar-refractivity contribution in [2.24, 2.45) is 5.73 Å². The quantitative estimate of drug-likeness (QED) is 0.304. The molecule has 2 atom stereocenters. The molecular formula is C25H21FN10O3S. The monoisotopic (exact) mass is 560 g/mol. The molecule has 1 fully saturated rings. The molecule has 202 valence electrons. The number of likely N-dealkylation sites (tertiary alicyclic amines) is 1. The van der Waals surface area contributed by atoms with Crippen molar-refractivity contribution in [2.75, 3.05) is 11.9 Å². The van der Waals surface area contributed by atoms with Crippen LogP contribution in [0.3, 0.4) is 0 Å². The number of benzene rings is 1. The molecule has 1 saturated heterocycles. The Labute approximate surface area is 229 Å². The van der Waals surface area contributed by atoms with E-state index in [0.717, 1.165) is 11.1 Å². The van der Waals surface area contributed by atoms with Crippen LogP contribution in [0, 0.1) is 0 Å². The van der Waals surface area contributed by atoms with Gasteiger partial charge in [0.2, 0.25) is 11.8 Å². The highest BCUT2D eigenvalue weighted by Gasteiger charge is 2.40. The molecule has 4 aromatic heterocycles. The van der Waals surface area contributed by atoms with Crippen molar-refractivity contribution in [3.05, 3.63) is 66.5 Å². The maximum absolute atomic E-state index is 14.5. The zero-order valence-corrected chi connectivity index (χ0v) is 21.5. The first-order chi connectivity index (χ1) is 19.4. The maximum Gasteiger partial charge on any atom is 0.269 e. The third-order valence-corrected chi connectivity index (χ3v) is 7.30. The van der Waals surface area contributed by atoms with Crippen molar-refractivity contribution in [2.45, 2.75) is 25.2 Å². The number of carbonyl (C=O) groups is 3. The van der Waals surface area contributed by atoms with E-state index in [9.17, 15) is 18.8 Å². The average Bonchev–Trinajstić information content (AvgIpc) is 3.75. The van der Waals surface area contributed by atoms with E-state index in [1.54, 1.807) is 65.3 Å². The molecule has 3 amide bonds. The molecule has 40 heavy (non-hydrogen) atoms. The van der Waals surface area contributed by atoms with Crippen LogP contribution in [0.4, 0.5) is 9.52 Å². The van der Waals surface area contributed by atoms with Crippen LogP contribution >= 0.6 is 11.3 Å². The zero-order chi connectivity index (χ0) is 27.8. The number of alkyl halides is 1. The lowest BCUT2D eigenvalue weighted by Gasteiger charge is -2.23. The SMILES string of the molecule is NC(=O)c1nn(CC(=O)N2CC(F)CC2C(=O)Nc2nc(-n3ccnc3)cs2)c2ccc(-c3ccnnc3)cc12. The first-order valence-corrected chi connectivity index (χ1v) is 13.0. The lowest BCUT2D eigenvalue weighted by Crippen LogP contribution is -2.44. The zero-order valence-electron chi connectivity index (χ0n) is 20.7. The second-order valence-corrected chi connectivity index (χ2v) is 9.96. The van der Waals surface area contributed by atoms with E-state index in [1.165, 1.54) is 20.9 Å². The second kappa shape index (κ2) is 10.3. The summed E-state index contributed by atoms with van der Waals surface area (Å²) < 4.78 is 17.5. The number of imidazole rings is 1. The molecule has 0 bridgehead atoms. The summed E-state index contributed by atoms with van der Waals surface area (Å²) >= 11 is 1.20. The van der Waals surface area contributed by atoms with Crippen LogP contribution in [0.5, 0.6) is 0 Å². The molecule has 15 heteroatoms. The summed E-state index contributed by atoms with van der Waals surface area (Å²) in [5.41, 5.74) is 7.58. The van der Waals surface area contributed by atoms with Gasteiger partial charge in [0.1, 0.15) is 25.1 Å². The van der Waals surface area contributed by atoms with E-state index in [0.29, 0.717) is 21.9 Å². The molecule has 0 aliphatic carbocycles. The Morgan fingerprint density at radius 2 is 2.02 bits per heavy atom. The first-order valence-electron chi connectivity index (χ1n) is 12.1. The van der Waals surface area contributed by atoms with Crippen molar-refractivity contribution >= 4 is 45.1 Å². The molecule has 6 rings (SSSR count). The fraction of sp³-hybridized carbons (Fsp3) is 0.200. The number of nitrogens with zero attached hydrogens (tertiary/aromatic N) is 8. The number of halogens is 1. The van der Waals surface area contributed by atoms with Gasteiger partial charge >= 0.3 is 0 Å². The van der Waals surface area contributed by atoms with Gasteiger partial charge in [-0.15, -0.1) is 11.3 Å². The summed E-state index contributed by atoms with van der Waals surface area (Å²) in [6, 6.07) is 5.97. The number of fused-ring (bicyclic) bond motifs is 1. The van der Waals surface area contributed by atoms with E-state index in [1.807, 2.05) is 0 Å². The summed E-state index contributed by atoms with van der Waals surface area (Å²) in [4.78, 5) is 48.1. The second-order valence-electron chi connectivity index (χ2n) is 9.10. The molecular weight excluding hydrogens is 539 g/mol. The minimum Gasteiger partial charge on any atom is -0.364 e. The molecule has 3 N–H and O–H groups in total. The summed E-state index contributed by atoms with van der Waals surface area (Å²) in [7, 11) is 0. The summed E-state index contributed by atoms with van der Waals surface area (Å²) in [6.45, 7) is -0.561. The normalized spacial score (nSPS) is 16.9. The highest BCUT2D eigenvalue weighted by molar-refractivity contribution is 7.14. The van der Waals surface area contributed by atoms with Crippen LogP contribution < -0.4 is 11.1 Å². The van der Waals surface area contributed by atoms with Crippen LogP contribution in [-0.4, -0.2) is 75.9 Å². The molecule has 0 radical (unpaired) electrons. The summed E-state index contributed by atoms with van der Waals surface area (Å²) in [5.74, 6) is -1.26. The van der Waals surface area contributed by atoms with Gasteiger partial charge in [-0.2, -0.15) is 15.3 Å². The van der Waals surface area contributed by atoms with Crippen molar-refractivity contribution in [1.82, 2.24) is 39.4 Å². The van der Waals surface area contributed by atoms with Crippen LogP contribution in [0.15, 0.2) is 60.8 Å². The van der Waals surface area contributed by atoms with Crippen LogP contribution in [-0.2, 0) is 16.1 Å². The number of nitrogens with one attached hydrogen (secondary N) is 1. The molecule has 0 saturated carbocycles. The Kier molecular flexibility index (Phi) is 6.47. The molecule has 13 nitrogen and oxygen atoms in total. The Bertz CT molecular complexity index is 1720. The third kappa shape index (κ3) is 4.77. The van der Waals surface area contributed by atoms with Gasteiger partial charge in [-0.25, -0.2) is 14.4 Å². The van der Waals surface area contributed by atoms with Gasteiger partial charge < -0.3 is 16.0 Å². The highest BCUT2D eigenvalue weighted by atomic mass is 32.1. The molecule has 5 aromatic rings. The van der Waals surface area contributed by atoms with Crippen molar-refractivity contribution in [3.63, 3.8) is 0 Å². The Hall–Kier alpha value is -5.05. The van der Waals surface area contributed by atoms with E-state index in [4.69, 9.17) is 5.73 Å². The number of aromatic nitrogens is 7. The molecule has 1 aromatic carbocycles. The number of hydrogen-bond acceptors (Lipinski definition) is 9. The van der Waals surface area contributed by atoms with Gasteiger partial charge in [0, 0.05) is 35.1 Å². The lowest BCUT2D eigenvalue weighted by atomic mass is 10.0. The van der Waals surface area contributed by atoms with E-state index >= 15 is 0 Å². The third-order valence-electron chi connectivity index (χ3n) is 6.55. The molecule has 5 heterocycles. The molecule has 1 aliphatic heterocycles. The fourth-order valence-electron chi connectivity index (χ4n) is 4.68. The number of amides is 3. The first kappa shape index (κ1) is 25.2. The number of thiazole rings is 1. The number of primary amides is 1. The van der Waals surface area contributed by atoms with Crippen LogP contribution in [0.25, 0.3) is 27.8 Å². The minimum absolute atomic E-state index is 0.0109. The number of anilines is 1. The maximum atomic E-state index is 14.5. The average molecular weight is 561 g/mol. The lowest BCUT2D eigenvalue weighted by molar-refractivity contribution is -0.137. The standard InChI is InChI=1S/C25H21FN10O3S/c26-16-8-19(24(39)32-25-31-20(12-40-25)34-6-5-28-13-34)35(10-16)21(37)11-36-18-2-1-14(15-3-4-29-30-9-15)7-17(18)22(33-36)23(27)38/h1-7,9,12-13,16,19H,8,10-11H2,(H2,27,38)(H,31,32,39). The smallest absolute Gasteiger partial charge is 0.269 e. The van der Waals surface area contributed by atoms with Gasteiger partial charge in [0.05, 0.1) is 24.5 Å². The van der Waals surface area contributed by atoms with Crippen molar-refractivity contribution in [3.8, 4) is 16.9 Å². The number of hydrogen-bond donors (Lipinski definition) is 2. The molecule has 2 unspecified atom stereocenters.